The van der Waals surface area contributed by atoms with Gasteiger partial charge in [-0.15, -0.1) is 0 Å². The van der Waals surface area contributed by atoms with Gasteiger partial charge < -0.3 is 4.74 Å². The molecule has 112 valence electrons. The molecule has 0 aliphatic heterocycles. The Kier molecular flexibility index (Phi) is 6.16. The number of benzene rings is 1. The standard InChI is InChI=1S/C14H21NO4S/c1-11-7-8-13(10-12(11)2)20(17,18)15-9-5-4-6-14(16)19-3/h7-8,10,15H,4-6,9H2,1-3H3. The first-order valence-electron chi connectivity index (χ1n) is 6.50. The van der Waals surface area contributed by atoms with E-state index >= 15 is 0 Å². The summed E-state index contributed by atoms with van der Waals surface area (Å²) in [4.78, 5) is 11.2. The molecule has 0 bridgehead atoms. The van der Waals surface area contributed by atoms with E-state index in [-0.39, 0.29) is 10.9 Å². The zero-order valence-corrected chi connectivity index (χ0v) is 12.9. The van der Waals surface area contributed by atoms with Crippen LogP contribution in [0, 0.1) is 13.8 Å². The van der Waals surface area contributed by atoms with Crippen LogP contribution < -0.4 is 4.72 Å². The fraction of sp³-hybridized carbons (Fsp3) is 0.500. The van der Waals surface area contributed by atoms with E-state index in [2.05, 4.69) is 9.46 Å². The van der Waals surface area contributed by atoms with Crippen molar-refractivity contribution < 1.29 is 17.9 Å². The third-order valence-corrected chi connectivity index (χ3v) is 4.57. The highest BCUT2D eigenvalue weighted by Crippen LogP contribution is 2.14. The second kappa shape index (κ2) is 7.40. The van der Waals surface area contributed by atoms with Crippen LogP contribution in [0.3, 0.4) is 0 Å². The van der Waals surface area contributed by atoms with E-state index in [1.165, 1.54) is 7.11 Å². The molecule has 0 unspecified atom stereocenters. The summed E-state index contributed by atoms with van der Waals surface area (Å²) in [6, 6.07) is 5.05. The molecule has 1 aromatic carbocycles. The molecule has 0 saturated carbocycles. The number of carbonyl (C=O) groups is 1. The van der Waals surface area contributed by atoms with Crippen molar-refractivity contribution in [3.63, 3.8) is 0 Å². The second-order valence-electron chi connectivity index (χ2n) is 4.68. The van der Waals surface area contributed by atoms with Crippen LogP contribution in [0.4, 0.5) is 0 Å². The number of aryl methyl sites for hydroxylation is 2. The molecule has 0 aliphatic carbocycles. The lowest BCUT2D eigenvalue weighted by Gasteiger charge is -2.08. The van der Waals surface area contributed by atoms with Crippen LogP contribution in [-0.2, 0) is 19.6 Å². The molecule has 0 atom stereocenters. The summed E-state index contributed by atoms with van der Waals surface area (Å²) in [5.74, 6) is -0.276. The van der Waals surface area contributed by atoms with Gasteiger partial charge in [0.2, 0.25) is 10.0 Å². The van der Waals surface area contributed by atoms with Crippen LogP contribution in [-0.4, -0.2) is 28.0 Å². The van der Waals surface area contributed by atoms with Gasteiger partial charge in [0.25, 0.3) is 0 Å². The topological polar surface area (TPSA) is 72.5 Å². The maximum Gasteiger partial charge on any atom is 0.305 e. The Hall–Kier alpha value is -1.40. The first kappa shape index (κ1) is 16.7. The number of carbonyl (C=O) groups excluding carboxylic acids is 1. The summed E-state index contributed by atoms with van der Waals surface area (Å²) in [6.45, 7) is 4.13. The number of rotatable bonds is 7. The minimum absolute atomic E-state index is 0.272. The smallest absolute Gasteiger partial charge is 0.305 e. The largest absolute Gasteiger partial charge is 0.469 e. The van der Waals surface area contributed by atoms with E-state index in [9.17, 15) is 13.2 Å². The van der Waals surface area contributed by atoms with Gasteiger partial charge in [0.15, 0.2) is 0 Å². The van der Waals surface area contributed by atoms with E-state index in [1.807, 2.05) is 13.8 Å². The number of methoxy groups -OCH3 is 1. The molecule has 0 amide bonds. The van der Waals surface area contributed by atoms with Crippen LogP contribution >= 0.6 is 0 Å². The first-order chi connectivity index (χ1) is 9.36. The molecule has 20 heavy (non-hydrogen) atoms. The van der Waals surface area contributed by atoms with Gasteiger partial charge >= 0.3 is 5.97 Å². The van der Waals surface area contributed by atoms with Crippen LogP contribution in [0.5, 0.6) is 0 Å². The Morgan fingerprint density at radius 3 is 2.50 bits per heavy atom. The molecular formula is C14H21NO4S. The second-order valence-corrected chi connectivity index (χ2v) is 6.44. The van der Waals surface area contributed by atoms with E-state index in [1.54, 1.807) is 18.2 Å². The third-order valence-electron chi connectivity index (χ3n) is 3.12. The third kappa shape index (κ3) is 4.94. The minimum atomic E-state index is -3.47. The lowest BCUT2D eigenvalue weighted by molar-refractivity contribution is -0.140. The van der Waals surface area contributed by atoms with Crippen LogP contribution in [0.25, 0.3) is 0 Å². The number of nitrogens with one attached hydrogen (secondary N) is 1. The van der Waals surface area contributed by atoms with E-state index < -0.39 is 10.0 Å². The average Bonchev–Trinajstić information content (AvgIpc) is 2.40. The Morgan fingerprint density at radius 1 is 1.20 bits per heavy atom. The number of ether oxygens (including phenoxy) is 1. The SMILES string of the molecule is COC(=O)CCCCNS(=O)(=O)c1ccc(C)c(C)c1. The monoisotopic (exact) mass is 299 g/mol. The fourth-order valence-corrected chi connectivity index (χ4v) is 2.83. The van der Waals surface area contributed by atoms with Crippen LogP contribution in [0.1, 0.15) is 30.4 Å². The molecule has 0 saturated heterocycles. The molecule has 0 aromatic heterocycles. The van der Waals surface area contributed by atoms with Gasteiger partial charge in [-0.05, 0) is 49.9 Å². The normalized spacial score (nSPS) is 11.3. The van der Waals surface area contributed by atoms with Gasteiger partial charge in [0, 0.05) is 13.0 Å². The predicted octanol–water partition coefficient (Wildman–Crippen LogP) is 1.93. The number of esters is 1. The summed E-state index contributed by atoms with van der Waals surface area (Å²) < 4.78 is 31.1. The lowest BCUT2D eigenvalue weighted by Crippen LogP contribution is -2.25. The molecule has 1 aromatic rings. The molecule has 5 nitrogen and oxygen atoms in total. The predicted molar refractivity (Wildman–Crippen MR) is 77.0 cm³/mol. The summed E-state index contributed by atoms with van der Waals surface area (Å²) in [6.07, 6.45) is 1.50. The molecular weight excluding hydrogens is 278 g/mol. The first-order valence-corrected chi connectivity index (χ1v) is 7.99. The Morgan fingerprint density at radius 2 is 1.90 bits per heavy atom. The average molecular weight is 299 g/mol. The van der Waals surface area contributed by atoms with Crippen LogP contribution in [0.2, 0.25) is 0 Å². The van der Waals surface area contributed by atoms with Crippen LogP contribution in [0.15, 0.2) is 23.1 Å². The zero-order chi connectivity index (χ0) is 15.2. The maximum atomic E-state index is 12.0. The molecule has 0 radical (unpaired) electrons. The van der Waals surface area contributed by atoms with Gasteiger partial charge in [0.05, 0.1) is 12.0 Å². The van der Waals surface area contributed by atoms with Crippen molar-refractivity contribution in [3.05, 3.63) is 29.3 Å². The molecule has 1 N–H and O–H groups in total. The molecule has 6 heteroatoms. The van der Waals surface area contributed by atoms with Gasteiger partial charge in [0.1, 0.15) is 0 Å². The fourth-order valence-electron chi connectivity index (χ4n) is 1.67. The Labute approximate surface area is 120 Å². The Balaban J connectivity index is 2.49. The van der Waals surface area contributed by atoms with Crippen molar-refractivity contribution in [3.8, 4) is 0 Å². The van der Waals surface area contributed by atoms with Crippen molar-refractivity contribution >= 4 is 16.0 Å². The van der Waals surface area contributed by atoms with E-state index in [0.717, 1.165) is 11.1 Å². The molecule has 1 rings (SSSR count). The van der Waals surface area contributed by atoms with Crippen molar-refractivity contribution in [2.24, 2.45) is 0 Å². The van der Waals surface area contributed by atoms with Crippen molar-refractivity contribution in [2.75, 3.05) is 13.7 Å². The van der Waals surface area contributed by atoms with Crippen molar-refractivity contribution in [2.45, 2.75) is 38.0 Å². The highest BCUT2D eigenvalue weighted by molar-refractivity contribution is 7.89. The summed E-state index contributed by atoms with van der Waals surface area (Å²) in [5, 5.41) is 0. The van der Waals surface area contributed by atoms with Gasteiger partial charge in [-0.25, -0.2) is 13.1 Å². The molecule has 0 aliphatic rings. The maximum absolute atomic E-state index is 12.0. The van der Waals surface area contributed by atoms with Gasteiger partial charge in [-0.2, -0.15) is 0 Å². The van der Waals surface area contributed by atoms with Crippen molar-refractivity contribution in [1.29, 1.82) is 0 Å². The molecule has 0 heterocycles. The highest BCUT2D eigenvalue weighted by atomic mass is 32.2. The molecule has 0 spiro atoms. The summed E-state index contributed by atoms with van der Waals surface area (Å²) >= 11 is 0. The molecule has 0 fully saturated rings. The number of hydrogen-bond acceptors (Lipinski definition) is 4. The summed E-state index contributed by atoms with van der Waals surface area (Å²) in [7, 11) is -2.13. The lowest BCUT2D eigenvalue weighted by atomic mass is 10.1. The number of sulfonamides is 1. The van der Waals surface area contributed by atoms with E-state index in [0.29, 0.717) is 25.8 Å². The number of unbranched alkanes of at least 4 members (excludes halogenated alkanes) is 1. The quantitative estimate of drug-likeness (QED) is 0.617. The highest BCUT2D eigenvalue weighted by Gasteiger charge is 2.13. The minimum Gasteiger partial charge on any atom is -0.469 e. The number of hydrogen-bond donors (Lipinski definition) is 1. The Bertz CT molecular complexity index is 567. The summed E-state index contributed by atoms with van der Waals surface area (Å²) in [5.41, 5.74) is 2.00. The zero-order valence-electron chi connectivity index (χ0n) is 12.1. The van der Waals surface area contributed by atoms with Gasteiger partial charge in [-0.3, -0.25) is 4.79 Å². The van der Waals surface area contributed by atoms with E-state index in [4.69, 9.17) is 0 Å². The van der Waals surface area contributed by atoms with Crippen molar-refractivity contribution in [1.82, 2.24) is 4.72 Å². The van der Waals surface area contributed by atoms with Gasteiger partial charge in [-0.1, -0.05) is 6.07 Å².